The van der Waals surface area contributed by atoms with Gasteiger partial charge in [-0.05, 0) is 57.7 Å². The van der Waals surface area contributed by atoms with Crippen molar-refractivity contribution >= 4 is 5.91 Å². The molecule has 0 aliphatic carbocycles. The Balaban J connectivity index is 1.72. The smallest absolute Gasteiger partial charge is 0.237 e. The van der Waals surface area contributed by atoms with Gasteiger partial charge in [0.1, 0.15) is 0 Å². The molecule has 2 aliphatic rings. The molecule has 0 aromatic carbocycles. The Morgan fingerprint density at radius 1 is 1.25 bits per heavy atom. The molecule has 140 valence electrons. The molecule has 2 fully saturated rings. The van der Waals surface area contributed by atoms with Crippen molar-refractivity contribution in [2.75, 3.05) is 46.4 Å². The first-order valence-corrected chi connectivity index (χ1v) is 9.67. The number of nitrogens with one attached hydrogen (secondary N) is 1. The molecule has 5 heteroatoms. The zero-order valence-electron chi connectivity index (χ0n) is 16.1. The summed E-state index contributed by atoms with van der Waals surface area (Å²) in [6.45, 7) is 12.6. The number of ether oxygens (including phenoxy) is 1. The topological polar surface area (TPSA) is 44.8 Å². The number of nitrogens with zero attached hydrogens (tertiary/aromatic N) is 2. The van der Waals surface area contributed by atoms with Crippen molar-refractivity contribution in [3.63, 3.8) is 0 Å². The van der Waals surface area contributed by atoms with Crippen molar-refractivity contribution in [3.8, 4) is 0 Å². The van der Waals surface area contributed by atoms with E-state index in [0.29, 0.717) is 12.0 Å². The minimum Gasteiger partial charge on any atom is -0.375 e. The average Bonchev–Trinajstić information content (AvgIpc) is 2.79. The predicted octanol–water partition coefficient (Wildman–Crippen LogP) is 2.11. The minimum absolute atomic E-state index is 0.0543. The van der Waals surface area contributed by atoms with Gasteiger partial charge in [-0.25, -0.2) is 0 Å². The standard InChI is InChI=1S/C19H37N3O2/c1-19(2,3)9-6-11-22-12-7-13-24-16(15-22)14-20-18(23)17-8-5-10-21(17)4/h16-17H,5-15H2,1-4H3,(H,20,23). The maximum absolute atomic E-state index is 12.3. The first kappa shape index (κ1) is 19.7. The molecule has 5 nitrogen and oxygen atoms in total. The SMILES string of the molecule is CN1CCCC1C(=O)NCC1CN(CCCC(C)(C)C)CCCO1. The Kier molecular flexibility index (Phi) is 7.51. The summed E-state index contributed by atoms with van der Waals surface area (Å²) in [5, 5.41) is 3.12. The molecule has 1 N–H and O–H groups in total. The fourth-order valence-corrected chi connectivity index (χ4v) is 3.70. The highest BCUT2D eigenvalue weighted by atomic mass is 16.5. The van der Waals surface area contributed by atoms with Crippen molar-refractivity contribution in [2.24, 2.45) is 5.41 Å². The molecule has 2 atom stereocenters. The maximum atomic E-state index is 12.3. The molecule has 2 saturated heterocycles. The second-order valence-corrected chi connectivity index (χ2v) is 8.69. The molecular formula is C19H37N3O2. The molecule has 1 amide bonds. The number of hydrogen-bond donors (Lipinski definition) is 1. The lowest BCUT2D eigenvalue weighted by atomic mass is 9.90. The lowest BCUT2D eigenvalue weighted by molar-refractivity contribution is -0.125. The van der Waals surface area contributed by atoms with Crippen LogP contribution in [0.15, 0.2) is 0 Å². The maximum Gasteiger partial charge on any atom is 0.237 e. The van der Waals surface area contributed by atoms with Gasteiger partial charge in [-0.2, -0.15) is 0 Å². The Morgan fingerprint density at radius 2 is 2.04 bits per heavy atom. The molecule has 2 aliphatic heterocycles. The van der Waals surface area contributed by atoms with E-state index in [4.69, 9.17) is 4.74 Å². The summed E-state index contributed by atoms with van der Waals surface area (Å²) in [5.41, 5.74) is 0.406. The third-order valence-corrected chi connectivity index (χ3v) is 5.16. The highest BCUT2D eigenvalue weighted by molar-refractivity contribution is 5.82. The Hall–Kier alpha value is -0.650. The van der Waals surface area contributed by atoms with E-state index in [1.54, 1.807) is 0 Å². The van der Waals surface area contributed by atoms with Gasteiger partial charge in [-0.3, -0.25) is 9.69 Å². The van der Waals surface area contributed by atoms with Crippen LogP contribution in [0.1, 0.15) is 52.9 Å². The van der Waals surface area contributed by atoms with E-state index >= 15 is 0 Å². The Bertz CT molecular complexity index is 395. The molecular weight excluding hydrogens is 302 g/mol. The number of likely N-dealkylation sites (tertiary alicyclic amines) is 1. The van der Waals surface area contributed by atoms with Crippen LogP contribution in [0.2, 0.25) is 0 Å². The van der Waals surface area contributed by atoms with Gasteiger partial charge in [0.05, 0.1) is 12.1 Å². The molecule has 24 heavy (non-hydrogen) atoms. The number of carbonyl (C=O) groups excluding carboxylic acids is 1. The second-order valence-electron chi connectivity index (χ2n) is 8.69. The van der Waals surface area contributed by atoms with Gasteiger partial charge in [-0.15, -0.1) is 0 Å². The summed E-state index contributed by atoms with van der Waals surface area (Å²) < 4.78 is 5.95. The molecule has 2 heterocycles. The number of likely N-dealkylation sites (N-methyl/N-ethyl adjacent to an activating group) is 1. The number of amides is 1. The highest BCUT2D eigenvalue weighted by Crippen LogP contribution is 2.21. The third kappa shape index (κ3) is 6.69. The normalized spacial score (nSPS) is 27.2. The highest BCUT2D eigenvalue weighted by Gasteiger charge is 2.28. The van der Waals surface area contributed by atoms with E-state index < -0.39 is 0 Å². The Labute approximate surface area is 148 Å². The largest absolute Gasteiger partial charge is 0.375 e. The molecule has 0 aromatic rings. The van der Waals surface area contributed by atoms with Gasteiger partial charge >= 0.3 is 0 Å². The van der Waals surface area contributed by atoms with Gasteiger partial charge in [0.2, 0.25) is 5.91 Å². The number of hydrogen-bond acceptors (Lipinski definition) is 4. The van der Waals surface area contributed by atoms with Crippen molar-refractivity contribution in [1.82, 2.24) is 15.1 Å². The quantitative estimate of drug-likeness (QED) is 0.805. The number of rotatable bonds is 6. The molecule has 0 saturated carbocycles. The monoisotopic (exact) mass is 339 g/mol. The zero-order valence-corrected chi connectivity index (χ0v) is 16.1. The van der Waals surface area contributed by atoms with Gasteiger partial charge in [0.15, 0.2) is 0 Å². The first-order chi connectivity index (χ1) is 11.3. The fourth-order valence-electron chi connectivity index (χ4n) is 3.70. The lowest BCUT2D eigenvalue weighted by Gasteiger charge is -2.26. The van der Waals surface area contributed by atoms with E-state index in [9.17, 15) is 4.79 Å². The van der Waals surface area contributed by atoms with Crippen LogP contribution in [0.3, 0.4) is 0 Å². The van der Waals surface area contributed by atoms with E-state index in [1.807, 2.05) is 7.05 Å². The Morgan fingerprint density at radius 3 is 2.71 bits per heavy atom. The molecule has 0 spiro atoms. The van der Waals surface area contributed by atoms with Gasteiger partial charge in [-0.1, -0.05) is 20.8 Å². The molecule has 2 rings (SSSR count). The van der Waals surface area contributed by atoms with E-state index in [0.717, 1.165) is 52.0 Å². The lowest BCUT2D eigenvalue weighted by Crippen LogP contribution is -2.46. The van der Waals surface area contributed by atoms with Crippen LogP contribution < -0.4 is 5.32 Å². The molecule has 0 bridgehead atoms. The summed E-state index contributed by atoms with van der Waals surface area (Å²) >= 11 is 0. The first-order valence-electron chi connectivity index (χ1n) is 9.67. The van der Waals surface area contributed by atoms with Crippen LogP contribution >= 0.6 is 0 Å². The van der Waals surface area contributed by atoms with Crippen LogP contribution in [0.5, 0.6) is 0 Å². The van der Waals surface area contributed by atoms with E-state index in [1.165, 1.54) is 12.8 Å². The van der Waals surface area contributed by atoms with Crippen molar-refractivity contribution < 1.29 is 9.53 Å². The summed E-state index contributed by atoms with van der Waals surface area (Å²) in [7, 11) is 2.04. The van der Waals surface area contributed by atoms with Crippen LogP contribution in [0.4, 0.5) is 0 Å². The summed E-state index contributed by atoms with van der Waals surface area (Å²) in [6.07, 6.45) is 5.79. The molecule has 0 radical (unpaired) electrons. The predicted molar refractivity (Wildman–Crippen MR) is 98.1 cm³/mol. The van der Waals surface area contributed by atoms with Crippen LogP contribution in [0, 0.1) is 5.41 Å². The summed E-state index contributed by atoms with van der Waals surface area (Å²) in [5.74, 6) is 0.169. The van der Waals surface area contributed by atoms with Crippen molar-refractivity contribution in [1.29, 1.82) is 0 Å². The van der Waals surface area contributed by atoms with Crippen LogP contribution in [-0.4, -0.2) is 74.2 Å². The zero-order chi connectivity index (χ0) is 17.6. The van der Waals surface area contributed by atoms with Crippen molar-refractivity contribution in [3.05, 3.63) is 0 Å². The molecule has 0 aromatic heterocycles. The minimum atomic E-state index is 0.0543. The number of carbonyl (C=O) groups is 1. The van der Waals surface area contributed by atoms with E-state index in [-0.39, 0.29) is 18.1 Å². The third-order valence-electron chi connectivity index (χ3n) is 5.16. The average molecular weight is 340 g/mol. The molecule has 2 unspecified atom stereocenters. The van der Waals surface area contributed by atoms with Crippen LogP contribution in [0.25, 0.3) is 0 Å². The van der Waals surface area contributed by atoms with Gasteiger partial charge in [0, 0.05) is 26.2 Å². The summed E-state index contributed by atoms with van der Waals surface area (Å²) in [4.78, 5) is 17.0. The van der Waals surface area contributed by atoms with Crippen molar-refractivity contribution in [2.45, 2.75) is 65.0 Å². The van der Waals surface area contributed by atoms with Crippen LogP contribution in [-0.2, 0) is 9.53 Å². The van der Waals surface area contributed by atoms with E-state index in [2.05, 4.69) is 35.9 Å². The van der Waals surface area contributed by atoms with Gasteiger partial charge in [0.25, 0.3) is 0 Å². The van der Waals surface area contributed by atoms with Gasteiger partial charge < -0.3 is 15.0 Å². The fraction of sp³-hybridized carbons (Fsp3) is 0.947. The summed E-state index contributed by atoms with van der Waals surface area (Å²) in [6, 6.07) is 0.0543. The second kappa shape index (κ2) is 9.16.